The van der Waals surface area contributed by atoms with Crippen LogP contribution in [0, 0.1) is 0 Å². The summed E-state index contributed by atoms with van der Waals surface area (Å²) in [5.74, 6) is -1.14. The Kier molecular flexibility index (Phi) is 5.64. The summed E-state index contributed by atoms with van der Waals surface area (Å²) >= 11 is 5.91. The molecule has 0 saturated carbocycles. The zero-order valence-corrected chi connectivity index (χ0v) is 17.4. The van der Waals surface area contributed by atoms with Crippen LogP contribution in [-0.2, 0) is 11.3 Å². The lowest BCUT2D eigenvalue weighted by atomic mass is 9.92. The van der Waals surface area contributed by atoms with Gasteiger partial charge < -0.3 is 10.2 Å². The Bertz CT molecular complexity index is 1200. The molecule has 2 heterocycles. The average Bonchev–Trinajstić information content (AvgIpc) is 2.80. The summed E-state index contributed by atoms with van der Waals surface area (Å²) in [4.78, 5) is 43.9. The molecule has 4 rings (SSSR count). The second kappa shape index (κ2) is 8.53. The molecule has 0 bridgehead atoms. The van der Waals surface area contributed by atoms with Crippen molar-refractivity contribution >= 4 is 41.0 Å². The summed E-state index contributed by atoms with van der Waals surface area (Å²) in [7, 11) is 1.60. The summed E-state index contributed by atoms with van der Waals surface area (Å²) in [6.07, 6.45) is 4.87. The number of carbonyl (C=O) groups is 3. The van der Waals surface area contributed by atoms with Crippen LogP contribution in [0.2, 0.25) is 5.02 Å². The lowest BCUT2D eigenvalue weighted by molar-refractivity contribution is -0.114. The number of amides is 2. The summed E-state index contributed by atoms with van der Waals surface area (Å²) in [6.45, 7) is 0.317. The van der Waals surface area contributed by atoms with Crippen molar-refractivity contribution in [1.29, 1.82) is 0 Å². The number of fused-ring (bicyclic) bond motifs is 1. The quantitative estimate of drug-likeness (QED) is 0.501. The minimum atomic E-state index is -0.421. The molecule has 0 spiro atoms. The van der Waals surface area contributed by atoms with Gasteiger partial charge in [0.05, 0.1) is 11.3 Å². The molecule has 0 fully saturated rings. The van der Waals surface area contributed by atoms with Crippen LogP contribution in [0.15, 0.2) is 72.6 Å². The Balaban J connectivity index is 1.62. The van der Waals surface area contributed by atoms with E-state index in [1.54, 1.807) is 61.9 Å². The molecule has 0 saturated heterocycles. The van der Waals surface area contributed by atoms with Crippen LogP contribution < -0.4 is 10.2 Å². The van der Waals surface area contributed by atoms with E-state index in [0.717, 1.165) is 5.56 Å². The van der Waals surface area contributed by atoms with Crippen molar-refractivity contribution in [3.05, 3.63) is 99.8 Å². The topological polar surface area (TPSA) is 79.4 Å². The van der Waals surface area contributed by atoms with Gasteiger partial charge in [0.25, 0.3) is 11.8 Å². The van der Waals surface area contributed by atoms with Crippen LogP contribution in [0.5, 0.6) is 0 Å². The number of likely N-dealkylation sites (N-methyl/N-ethyl adjacent to an activating group) is 1. The molecule has 1 aromatic heterocycles. The van der Waals surface area contributed by atoms with Gasteiger partial charge in [-0.25, -0.2) is 0 Å². The van der Waals surface area contributed by atoms with Gasteiger partial charge in [0.1, 0.15) is 0 Å². The van der Waals surface area contributed by atoms with Crippen LogP contribution in [0.25, 0.3) is 6.08 Å². The molecule has 0 radical (unpaired) electrons. The molecule has 0 unspecified atom stereocenters. The van der Waals surface area contributed by atoms with Crippen LogP contribution in [0.1, 0.15) is 31.8 Å². The predicted molar refractivity (Wildman–Crippen MR) is 119 cm³/mol. The number of aromatic nitrogens is 1. The number of nitrogens with one attached hydrogen (secondary N) is 1. The zero-order chi connectivity index (χ0) is 22.0. The van der Waals surface area contributed by atoms with E-state index in [0.29, 0.717) is 33.9 Å². The van der Waals surface area contributed by atoms with Crippen LogP contribution >= 0.6 is 11.6 Å². The third-order valence-electron chi connectivity index (χ3n) is 5.00. The van der Waals surface area contributed by atoms with Gasteiger partial charge in [-0.1, -0.05) is 29.8 Å². The lowest BCUT2D eigenvalue weighted by Crippen LogP contribution is -2.37. The van der Waals surface area contributed by atoms with Gasteiger partial charge in [-0.3, -0.25) is 19.4 Å². The van der Waals surface area contributed by atoms with Gasteiger partial charge in [0.15, 0.2) is 0 Å². The first-order valence-corrected chi connectivity index (χ1v) is 9.93. The lowest BCUT2D eigenvalue weighted by Gasteiger charge is -2.27. The second-order valence-corrected chi connectivity index (χ2v) is 7.52. The van der Waals surface area contributed by atoms with Gasteiger partial charge in [-0.05, 0) is 53.6 Å². The van der Waals surface area contributed by atoms with Gasteiger partial charge in [0.2, 0.25) is 5.78 Å². The molecule has 2 aromatic carbocycles. The normalized spacial score (nSPS) is 14.5. The first-order valence-electron chi connectivity index (χ1n) is 9.55. The van der Waals surface area contributed by atoms with E-state index in [4.69, 9.17) is 11.6 Å². The fourth-order valence-corrected chi connectivity index (χ4v) is 3.45. The van der Waals surface area contributed by atoms with Gasteiger partial charge >= 0.3 is 0 Å². The Morgan fingerprint density at radius 2 is 1.90 bits per heavy atom. The number of carbonyl (C=O) groups excluding carboxylic acids is 3. The number of anilines is 1. The largest absolute Gasteiger partial charge is 0.348 e. The van der Waals surface area contributed by atoms with E-state index in [1.807, 2.05) is 6.07 Å². The first kappa shape index (κ1) is 20.5. The molecule has 6 nitrogen and oxygen atoms in total. The van der Waals surface area contributed by atoms with Gasteiger partial charge in [-0.2, -0.15) is 0 Å². The Morgan fingerprint density at radius 3 is 2.61 bits per heavy atom. The fourth-order valence-electron chi connectivity index (χ4n) is 3.32. The number of ketones is 1. The summed E-state index contributed by atoms with van der Waals surface area (Å²) in [6, 6.07) is 15.2. The van der Waals surface area contributed by atoms with E-state index in [9.17, 15) is 14.4 Å². The predicted octanol–water partition coefficient (Wildman–Crippen LogP) is 3.91. The number of hydrogen-bond acceptors (Lipinski definition) is 4. The highest BCUT2D eigenvalue weighted by Gasteiger charge is 2.33. The second-order valence-electron chi connectivity index (χ2n) is 7.08. The van der Waals surface area contributed by atoms with E-state index in [2.05, 4.69) is 10.3 Å². The van der Waals surface area contributed by atoms with E-state index in [1.165, 1.54) is 17.0 Å². The fraction of sp³-hybridized carbons (Fsp3) is 0.0833. The molecule has 3 aromatic rings. The minimum Gasteiger partial charge on any atom is -0.348 e. The van der Waals surface area contributed by atoms with Crippen molar-refractivity contribution in [1.82, 2.24) is 10.3 Å². The van der Waals surface area contributed by atoms with Crippen LogP contribution in [-0.4, -0.2) is 29.6 Å². The molecule has 0 aliphatic carbocycles. The summed E-state index contributed by atoms with van der Waals surface area (Å²) < 4.78 is 0. The highest BCUT2D eigenvalue weighted by Crippen LogP contribution is 2.31. The van der Waals surface area contributed by atoms with Crippen LogP contribution in [0.3, 0.4) is 0 Å². The number of Topliss-reactive ketones (excluding diaryl/α,β-unsaturated/α-hetero) is 1. The van der Waals surface area contributed by atoms with Crippen molar-refractivity contribution in [3.8, 4) is 0 Å². The maximum absolute atomic E-state index is 13.1. The summed E-state index contributed by atoms with van der Waals surface area (Å²) in [5.41, 5.74) is 2.69. The average molecular weight is 432 g/mol. The highest BCUT2D eigenvalue weighted by molar-refractivity contribution is 6.36. The first-order chi connectivity index (χ1) is 14.9. The number of rotatable bonds is 4. The van der Waals surface area contributed by atoms with E-state index in [-0.39, 0.29) is 11.5 Å². The number of benzene rings is 2. The molecule has 1 N–H and O–H groups in total. The van der Waals surface area contributed by atoms with E-state index < -0.39 is 11.7 Å². The highest BCUT2D eigenvalue weighted by atomic mass is 35.5. The number of halogens is 1. The number of hydrogen-bond donors (Lipinski definition) is 1. The molecule has 1 aliphatic heterocycles. The van der Waals surface area contributed by atoms with E-state index >= 15 is 0 Å². The monoisotopic (exact) mass is 431 g/mol. The summed E-state index contributed by atoms with van der Waals surface area (Å²) in [5, 5.41) is 3.38. The van der Waals surface area contributed by atoms with Crippen molar-refractivity contribution in [2.45, 2.75) is 6.54 Å². The third kappa shape index (κ3) is 4.25. The number of nitrogens with zero attached hydrogens (tertiary/aromatic N) is 2. The third-order valence-corrected chi connectivity index (χ3v) is 5.25. The Labute approximate surface area is 184 Å². The Hall–Kier alpha value is -3.77. The maximum atomic E-state index is 13.1. The van der Waals surface area contributed by atoms with Gasteiger partial charge in [0, 0.05) is 42.1 Å². The minimum absolute atomic E-state index is 0.0326. The smallest absolute Gasteiger partial charge is 0.262 e. The molecule has 1 aliphatic rings. The maximum Gasteiger partial charge on any atom is 0.262 e. The van der Waals surface area contributed by atoms with Crippen molar-refractivity contribution < 1.29 is 14.4 Å². The van der Waals surface area contributed by atoms with Gasteiger partial charge in [-0.15, -0.1) is 0 Å². The molecule has 31 heavy (non-hydrogen) atoms. The molecular formula is C24H18ClN3O3. The SMILES string of the molecule is CN1C(=O)/C(=C\c2ccc(Cl)cc2)C(=O)c2cc(C(=O)NCc3cccnc3)ccc21. The molecular weight excluding hydrogens is 414 g/mol. The standard InChI is InChI=1S/C24H18ClN3O3/c1-28-21-9-6-17(23(30)27-14-16-3-2-10-26-13-16)12-19(21)22(29)20(24(28)31)11-15-4-7-18(25)8-5-15/h2-13H,14H2,1H3,(H,27,30)/b20-11-. The molecule has 7 heteroatoms. The Morgan fingerprint density at radius 1 is 1.13 bits per heavy atom. The molecule has 2 amide bonds. The van der Waals surface area contributed by atoms with Crippen molar-refractivity contribution in [3.63, 3.8) is 0 Å². The van der Waals surface area contributed by atoms with Crippen molar-refractivity contribution in [2.75, 3.05) is 11.9 Å². The van der Waals surface area contributed by atoms with Crippen molar-refractivity contribution in [2.24, 2.45) is 0 Å². The van der Waals surface area contributed by atoms with Crippen LogP contribution in [0.4, 0.5) is 5.69 Å². The molecule has 154 valence electrons. The molecule has 0 atom stereocenters. The number of pyridine rings is 1. The zero-order valence-electron chi connectivity index (χ0n) is 16.6.